The molecule has 1 saturated carbocycles. The molecule has 1 N–H and O–H groups in total. The fraction of sp³-hybridized carbons (Fsp3) is 0.423. The van der Waals surface area contributed by atoms with Crippen LogP contribution in [0.1, 0.15) is 56.7 Å². The summed E-state index contributed by atoms with van der Waals surface area (Å²) in [7, 11) is 0. The van der Waals surface area contributed by atoms with Gasteiger partial charge in [0.1, 0.15) is 5.15 Å². The van der Waals surface area contributed by atoms with Gasteiger partial charge in [-0.2, -0.15) is 0 Å². The predicted molar refractivity (Wildman–Crippen MR) is 136 cm³/mol. The van der Waals surface area contributed by atoms with E-state index in [1.807, 2.05) is 15.2 Å². The summed E-state index contributed by atoms with van der Waals surface area (Å²) in [6.45, 7) is 3.34. The number of benzene rings is 1. The number of hydrogen-bond acceptors (Lipinski definition) is 5. The number of aromatic nitrogens is 7. The fourth-order valence-corrected chi connectivity index (χ4v) is 5.45. The molecule has 3 heterocycles. The van der Waals surface area contributed by atoms with Crippen LogP contribution in [-0.2, 0) is 19.5 Å². The van der Waals surface area contributed by atoms with Gasteiger partial charge in [0, 0.05) is 24.5 Å². The Labute approximate surface area is 209 Å². The van der Waals surface area contributed by atoms with E-state index in [2.05, 4.69) is 56.8 Å². The van der Waals surface area contributed by atoms with Gasteiger partial charge in [0.25, 0.3) is 0 Å². The molecule has 0 radical (unpaired) electrons. The first-order valence-corrected chi connectivity index (χ1v) is 12.8. The van der Waals surface area contributed by atoms with E-state index >= 15 is 0 Å². The van der Waals surface area contributed by atoms with E-state index in [0.29, 0.717) is 23.4 Å². The molecule has 5 rings (SSSR count). The van der Waals surface area contributed by atoms with Crippen molar-refractivity contribution in [3.63, 3.8) is 0 Å². The highest BCUT2D eigenvalue weighted by atomic mass is 35.5. The van der Waals surface area contributed by atoms with Crippen LogP contribution in [-0.4, -0.2) is 34.7 Å². The van der Waals surface area contributed by atoms with Crippen molar-refractivity contribution in [3.8, 4) is 22.5 Å². The number of nitrogens with zero attached hydrogens (tertiary/aromatic N) is 6. The van der Waals surface area contributed by atoms with E-state index in [1.54, 1.807) is 12.4 Å². The van der Waals surface area contributed by atoms with Gasteiger partial charge < -0.3 is 0 Å². The number of hydrogen-bond donors (Lipinski definition) is 1. The number of halogens is 1. The summed E-state index contributed by atoms with van der Waals surface area (Å²) in [5.74, 6) is 1.11. The van der Waals surface area contributed by atoms with Crippen LogP contribution in [0, 0.1) is 5.92 Å². The molecule has 1 aliphatic carbocycles. The topological polar surface area (TPSA) is 94.3 Å². The molecule has 182 valence electrons. The Hall–Kier alpha value is -3.26. The van der Waals surface area contributed by atoms with Crippen LogP contribution in [0.5, 0.6) is 0 Å². The maximum absolute atomic E-state index is 13.4. The van der Waals surface area contributed by atoms with Gasteiger partial charge in [0.2, 0.25) is 0 Å². The minimum Gasteiger partial charge on any atom is -0.290 e. The molecule has 1 aliphatic rings. The van der Waals surface area contributed by atoms with Crippen LogP contribution in [0.4, 0.5) is 0 Å². The summed E-state index contributed by atoms with van der Waals surface area (Å²) < 4.78 is 3.67. The Kier molecular flexibility index (Phi) is 7.08. The van der Waals surface area contributed by atoms with E-state index in [4.69, 9.17) is 11.6 Å². The van der Waals surface area contributed by atoms with E-state index in [9.17, 15) is 4.79 Å². The number of tetrazole rings is 1. The lowest BCUT2D eigenvalue weighted by molar-refractivity contribution is 0.315. The molecule has 0 atom stereocenters. The highest BCUT2D eigenvalue weighted by Crippen LogP contribution is 2.30. The molecule has 4 aromatic rings. The van der Waals surface area contributed by atoms with Gasteiger partial charge in [0.15, 0.2) is 5.82 Å². The van der Waals surface area contributed by atoms with Crippen molar-refractivity contribution in [1.82, 2.24) is 34.7 Å². The Bertz CT molecular complexity index is 1320. The average molecular weight is 492 g/mol. The van der Waals surface area contributed by atoms with Gasteiger partial charge in [-0.05, 0) is 58.4 Å². The summed E-state index contributed by atoms with van der Waals surface area (Å²) in [4.78, 5) is 17.7. The highest BCUT2D eigenvalue weighted by molar-refractivity contribution is 6.30. The van der Waals surface area contributed by atoms with Crippen LogP contribution in [0.15, 0.2) is 47.5 Å². The summed E-state index contributed by atoms with van der Waals surface area (Å²) in [6, 6.07) is 10.2. The normalized spacial score (nSPS) is 14.5. The van der Waals surface area contributed by atoms with Crippen molar-refractivity contribution < 1.29 is 0 Å². The third-order valence-electron chi connectivity index (χ3n) is 6.94. The number of aromatic amines is 1. The first kappa shape index (κ1) is 23.5. The van der Waals surface area contributed by atoms with Crippen LogP contribution >= 0.6 is 11.6 Å². The molecule has 0 saturated heterocycles. The summed E-state index contributed by atoms with van der Waals surface area (Å²) >= 11 is 6.79. The van der Waals surface area contributed by atoms with Gasteiger partial charge in [-0.1, -0.05) is 68.5 Å². The van der Waals surface area contributed by atoms with Crippen molar-refractivity contribution in [2.24, 2.45) is 5.92 Å². The zero-order chi connectivity index (χ0) is 24.2. The second kappa shape index (κ2) is 10.6. The first-order valence-electron chi connectivity index (χ1n) is 12.4. The van der Waals surface area contributed by atoms with Gasteiger partial charge in [0.05, 0.1) is 12.2 Å². The number of imidazole rings is 1. The quantitative estimate of drug-likeness (QED) is 0.369. The van der Waals surface area contributed by atoms with E-state index in [0.717, 1.165) is 47.3 Å². The lowest BCUT2D eigenvalue weighted by Gasteiger charge is -2.21. The SMILES string of the molecule is CCCc1c(Cl)n(CC2CCCCC2)c(=O)n1Cc1ccc(-c2ccncc2-c2nnn[nH]2)cc1. The third kappa shape index (κ3) is 4.93. The second-order valence-electron chi connectivity index (χ2n) is 9.34. The largest absolute Gasteiger partial charge is 0.329 e. The molecule has 35 heavy (non-hydrogen) atoms. The van der Waals surface area contributed by atoms with Crippen molar-refractivity contribution >= 4 is 11.6 Å². The molecule has 0 aliphatic heterocycles. The lowest BCUT2D eigenvalue weighted by atomic mass is 9.89. The minimum atomic E-state index is 0.00217. The van der Waals surface area contributed by atoms with E-state index in [1.165, 1.54) is 32.1 Å². The Morgan fingerprint density at radius 1 is 1.06 bits per heavy atom. The van der Waals surface area contributed by atoms with Crippen LogP contribution in [0.3, 0.4) is 0 Å². The Morgan fingerprint density at radius 3 is 2.57 bits per heavy atom. The third-order valence-corrected chi connectivity index (χ3v) is 7.36. The summed E-state index contributed by atoms with van der Waals surface area (Å²) in [5.41, 5.74) is 4.83. The molecule has 1 fully saturated rings. The molecular formula is C26H30ClN7O. The van der Waals surface area contributed by atoms with Crippen LogP contribution in [0.25, 0.3) is 22.5 Å². The monoisotopic (exact) mass is 491 g/mol. The number of rotatable bonds is 8. The summed E-state index contributed by atoms with van der Waals surface area (Å²) in [5, 5.41) is 14.8. The summed E-state index contributed by atoms with van der Waals surface area (Å²) in [6.07, 6.45) is 11.4. The van der Waals surface area contributed by atoms with Gasteiger partial charge >= 0.3 is 5.69 Å². The molecule has 0 unspecified atom stereocenters. The number of pyridine rings is 1. The maximum atomic E-state index is 13.4. The predicted octanol–water partition coefficient (Wildman–Crippen LogP) is 5.13. The Balaban J connectivity index is 1.42. The molecule has 0 spiro atoms. The van der Waals surface area contributed by atoms with Crippen LogP contribution < -0.4 is 5.69 Å². The van der Waals surface area contributed by atoms with Crippen LogP contribution in [0.2, 0.25) is 5.15 Å². The van der Waals surface area contributed by atoms with Gasteiger partial charge in [-0.3, -0.25) is 14.1 Å². The van der Waals surface area contributed by atoms with Gasteiger partial charge in [-0.25, -0.2) is 9.89 Å². The zero-order valence-electron chi connectivity index (χ0n) is 20.0. The van der Waals surface area contributed by atoms with Crippen molar-refractivity contribution in [1.29, 1.82) is 0 Å². The maximum Gasteiger partial charge on any atom is 0.329 e. The number of nitrogens with one attached hydrogen (secondary N) is 1. The molecule has 0 amide bonds. The molecule has 8 nitrogen and oxygen atoms in total. The van der Waals surface area contributed by atoms with Crippen molar-refractivity contribution in [2.45, 2.75) is 65.0 Å². The number of H-pyrrole nitrogens is 1. The molecule has 1 aromatic carbocycles. The van der Waals surface area contributed by atoms with E-state index < -0.39 is 0 Å². The zero-order valence-corrected chi connectivity index (χ0v) is 20.7. The fourth-order valence-electron chi connectivity index (χ4n) is 5.12. The van der Waals surface area contributed by atoms with Gasteiger partial charge in [-0.15, -0.1) is 5.10 Å². The molecular weight excluding hydrogens is 462 g/mol. The smallest absolute Gasteiger partial charge is 0.290 e. The molecule has 3 aromatic heterocycles. The van der Waals surface area contributed by atoms with E-state index in [-0.39, 0.29) is 5.69 Å². The molecule has 0 bridgehead atoms. The Morgan fingerprint density at radius 2 is 1.86 bits per heavy atom. The standard InChI is InChI=1S/C26H30ClN7O/c1-2-6-23-24(27)34(17-18-7-4-3-5-8-18)26(35)33(23)16-19-9-11-20(12-10-19)21-13-14-28-15-22(21)25-29-31-32-30-25/h9-15,18H,2-8,16-17H2,1H3,(H,29,30,31,32). The van der Waals surface area contributed by atoms with Crippen molar-refractivity contribution in [2.75, 3.05) is 0 Å². The van der Waals surface area contributed by atoms with Crippen molar-refractivity contribution in [3.05, 3.63) is 69.6 Å². The lowest BCUT2D eigenvalue weighted by Crippen LogP contribution is -2.28. The average Bonchev–Trinajstić information content (AvgIpc) is 3.51. The first-order chi connectivity index (χ1) is 17.2. The highest BCUT2D eigenvalue weighted by Gasteiger charge is 2.22. The molecule has 9 heteroatoms. The second-order valence-corrected chi connectivity index (χ2v) is 9.70. The minimum absolute atomic E-state index is 0.00217.